The van der Waals surface area contributed by atoms with Crippen LogP contribution in [0.2, 0.25) is 0 Å². The lowest BCUT2D eigenvalue weighted by Crippen LogP contribution is -2.14. The molecule has 1 aromatic carbocycles. The fourth-order valence-corrected chi connectivity index (χ4v) is 2.56. The highest BCUT2D eigenvalue weighted by molar-refractivity contribution is 9.10. The molecule has 1 heterocycles. The van der Waals surface area contributed by atoms with Crippen LogP contribution in [-0.2, 0) is 4.74 Å². The summed E-state index contributed by atoms with van der Waals surface area (Å²) in [6.45, 7) is 0.927. The molecule has 1 aliphatic heterocycles. The van der Waals surface area contributed by atoms with E-state index in [1.807, 2.05) is 12.1 Å². The second-order valence-corrected chi connectivity index (χ2v) is 5.29. The highest BCUT2D eigenvalue weighted by Gasteiger charge is 2.17. The van der Waals surface area contributed by atoms with Gasteiger partial charge >= 0.3 is 0 Å². The molecular weight excluding hydrogens is 266 g/mol. The van der Waals surface area contributed by atoms with E-state index in [2.05, 4.69) is 28.1 Å². The number of hydrogen-bond acceptors (Lipinski definition) is 2. The summed E-state index contributed by atoms with van der Waals surface area (Å²) in [5, 5.41) is 0. The van der Waals surface area contributed by atoms with Crippen molar-refractivity contribution in [3.63, 3.8) is 0 Å². The lowest BCUT2D eigenvalue weighted by atomic mass is 10.0. The van der Waals surface area contributed by atoms with Crippen molar-refractivity contribution in [2.45, 2.75) is 37.8 Å². The number of benzene rings is 1. The van der Waals surface area contributed by atoms with Crippen LogP contribution >= 0.6 is 15.9 Å². The molecule has 0 aliphatic carbocycles. The monoisotopic (exact) mass is 283 g/mol. The highest BCUT2D eigenvalue weighted by atomic mass is 79.9. The van der Waals surface area contributed by atoms with Crippen molar-refractivity contribution in [2.75, 3.05) is 6.61 Å². The van der Waals surface area contributed by atoms with Gasteiger partial charge in [-0.05, 0) is 43.4 Å². The molecule has 2 N–H and O–H groups in total. The molecule has 1 saturated heterocycles. The van der Waals surface area contributed by atoms with E-state index in [1.54, 1.807) is 0 Å². The van der Waals surface area contributed by atoms with Gasteiger partial charge in [-0.3, -0.25) is 0 Å². The SMILES string of the molecule is NC(CCC1CCCO1)c1cccc(Br)c1. The normalized spacial score (nSPS) is 22.2. The summed E-state index contributed by atoms with van der Waals surface area (Å²) in [7, 11) is 0. The summed E-state index contributed by atoms with van der Waals surface area (Å²) >= 11 is 3.47. The van der Waals surface area contributed by atoms with Crippen molar-refractivity contribution in [3.8, 4) is 0 Å². The lowest BCUT2D eigenvalue weighted by molar-refractivity contribution is 0.101. The van der Waals surface area contributed by atoms with Gasteiger partial charge < -0.3 is 10.5 Å². The molecule has 2 nitrogen and oxygen atoms in total. The first-order valence-electron chi connectivity index (χ1n) is 5.88. The standard InChI is InChI=1S/C13H18BrNO/c14-11-4-1-3-10(9-11)13(15)7-6-12-5-2-8-16-12/h1,3-4,9,12-13H,2,5-8,15H2. The Bertz CT molecular complexity index is 336. The van der Waals surface area contributed by atoms with Gasteiger partial charge in [-0.15, -0.1) is 0 Å². The second-order valence-electron chi connectivity index (χ2n) is 4.37. The summed E-state index contributed by atoms with van der Waals surface area (Å²) in [6.07, 6.45) is 4.93. The van der Waals surface area contributed by atoms with Crippen LogP contribution in [0.15, 0.2) is 28.7 Å². The van der Waals surface area contributed by atoms with Crippen molar-refractivity contribution in [1.29, 1.82) is 0 Å². The molecule has 0 aromatic heterocycles. The molecule has 16 heavy (non-hydrogen) atoms. The number of hydrogen-bond donors (Lipinski definition) is 1. The molecule has 0 amide bonds. The Morgan fingerprint density at radius 3 is 3.06 bits per heavy atom. The molecule has 0 radical (unpaired) electrons. The molecule has 3 heteroatoms. The van der Waals surface area contributed by atoms with E-state index in [4.69, 9.17) is 10.5 Å². The minimum atomic E-state index is 0.127. The molecule has 88 valence electrons. The molecule has 2 unspecified atom stereocenters. The minimum absolute atomic E-state index is 0.127. The third kappa shape index (κ3) is 3.30. The Morgan fingerprint density at radius 1 is 1.50 bits per heavy atom. The van der Waals surface area contributed by atoms with Crippen molar-refractivity contribution in [2.24, 2.45) is 5.73 Å². The van der Waals surface area contributed by atoms with Gasteiger partial charge in [0, 0.05) is 17.1 Å². The van der Waals surface area contributed by atoms with E-state index in [9.17, 15) is 0 Å². The van der Waals surface area contributed by atoms with E-state index in [0.29, 0.717) is 6.10 Å². The molecule has 1 fully saturated rings. The predicted molar refractivity (Wildman–Crippen MR) is 69.3 cm³/mol. The molecule has 2 atom stereocenters. The number of halogens is 1. The maximum absolute atomic E-state index is 6.17. The molecular formula is C13H18BrNO. The van der Waals surface area contributed by atoms with Gasteiger partial charge in [0.25, 0.3) is 0 Å². The Hall–Kier alpha value is -0.380. The lowest BCUT2D eigenvalue weighted by Gasteiger charge is -2.15. The van der Waals surface area contributed by atoms with Crippen LogP contribution in [0.25, 0.3) is 0 Å². The molecule has 0 saturated carbocycles. The number of ether oxygens (including phenoxy) is 1. The molecule has 0 bridgehead atoms. The third-order valence-corrected chi connectivity index (χ3v) is 3.59. The number of nitrogens with two attached hydrogens (primary N) is 1. The largest absolute Gasteiger partial charge is 0.378 e. The van der Waals surface area contributed by atoms with E-state index in [0.717, 1.165) is 23.9 Å². The second kappa shape index (κ2) is 5.80. The van der Waals surface area contributed by atoms with Gasteiger partial charge in [0.05, 0.1) is 6.10 Å². The van der Waals surface area contributed by atoms with Gasteiger partial charge in [0.15, 0.2) is 0 Å². The van der Waals surface area contributed by atoms with Crippen molar-refractivity contribution >= 4 is 15.9 Å². The predicted octanol–water partition coefficient (Wildman–Crippen LogP) is 3.41. The summed E-state index contributed by atoms with van der Waals surface area (Å²) in [5.74, 6) is 0. The van der Waals surface area contributed by atoms with Gasteiger partial charge in [-0.25, -0.2) is 0 Å². The summed E-state index contributed by atoms with van der Waals surface area (Å²) in [6, 6.07) is 8.37. The van der Waals surface area contributed by atoms with Crippen LogP contribution in [0.3, 0.4) is 0 Å². The minimum Gasteiger partial charge on any atom is -0.378 e. The zero-order chi connectivity index (χ0) is 11.4. The smallest absolute Gasteiger partial charge is 0.0576 e. The average molecular weight is 284 g/mol. The first-order chi connectivity index (χ1) is 7.75. The van der Waals surface area contributed by atoms with E-state index in [1.165, 1.54) is 18.4 Å². The summed E-state index contributed by atoms with van der Waals surface area (Å²) in [5.41, 5.74) is 7.37. The first-order valence-corrected chi connectivity index (χ1v) is 6.67. The Labute approximate surface area is 105 Å². The summed E-state index contributed by atoms with van der Waals surface area (Å²) in [4.78, 5) is 0. The van der Waals surface area contributed by atoms with Crippen LogP contribution < -0.4 is 5.73 Å². The van der Waals surface area contributed by atoms with Crippen LogP contribution in [-0.4, -0.2) is 12.7 Å². The van der Waals surface area contributed by atoms with Crippen LogP contribution in [0.1, 0.15) is 37.3 Å². The van der Waals surface area contributed by atoms with Crippen molar-refractivity contribution < 1.29 is 4.74 Å². The van der Waals surface area contributed by atoms with Gasteiger partial charge in [0.1, 0.15) is 0 Å². The fourth-order valence-electron chi connectivity index (χ4n) is 2.14. The maximum Gasteiger partial charge on any atom is 0.0576 e. The molecule has 1 aromatic rings. The number of rotatable bonds is 4. The summed E-state index contributed by atoms with van der Waals surface area (Å²) < 4.78 is 6.69. The molecule has 1 aliphatic rings. The van der Waals surface area contributed by atoms with Gasteiger partial charge in [0.2, 0.25) is 0 Å². The van der Waals surface area contributed by atoms with Crippen molar-refractivity contribution in [1.82, 2.24) is 0 Å². The highest BCUT2D eigenvalue weighted by Crippen LogP contribution is 2.24. The zero-order valence-corrected chi connectivity index (χ0v) is 10.9. The Kier molecular flexibility index (Phi) is 4.38. The molecule has 2 rings (SSSR count). The van der Waals surface area contributed by atoms with Crippen LogP contribution in [0, 0.1) is 0 Å². The maximum atomic E-state index is 6.17. The van der Waals surface area contributed by atoms with Gasteiger partial charge in [-0.2, -0.15) is 0 Å². The Morgan fingerprint density at radius 2 is 2.38 bits per heavy atom. The topological polar surface area (TPSA) is 35.2 Å². The first kappa shape index (κ1) is 12.1. The van der Waals surface area contributed by atoms with Crippen LogP contribution in [0.4, 0.5) is 0 Å². The average Bonchev–Trinajstić information content (AvgIpc) is 2.78. The van der Waals surface area contributed by atoms with E-state index < -0.39 is 0 Å². The van der Waals surface area contributed by atoms with Gasteiger partial charge in [-0.1, -0.05) is 28.1 Å². The third-order valence-electron chi connectivity index (χ3n) is 3.10. The zero-order valence-electron chi connectivity index (χ0n) is 9.36. The quantitative estimate of drug-likeness (QED) is 0.919. The van der Waals surface area contributed by atoms with Crippen molar-refractivity contribution in [3.05, 3.63) is 34.3 Å². The van der Waals surface area contributed by atoms with E-state index in [-0.39, 0.29) is 6.04 Å². The Balaban J connectivity index is 1.85. The molecule has 0 spiro atoms. The van der Waals surface area contributed by atoms with Crippen LogP contribution in [0.5, 0.6) is 0 Å². The van der Waals surface area contributed by atoms with E-state index >= 15 is 0 Å². The fraction of sp³-hybridized carbons (Fsp3) is 0.538.